The van der Waals surface area contributed by atoms with Gasteiger partial charge >= 0.3 is 5.97 Å². The summed E-state index contributed by atoms with van der Waals surface area (Å²) in [7, 11) is 0. The Balaban J connectivity index is 2.64. The monoisotopic (exact) mass is 111 g/mol. The minimum Gasteiger partial charge on any atom is -0.476 e. The van der Waals surface area contributed by atoms with Crippen molar-refractivity contribution in [2.24, 2.45) is 5.10 Å². The maximum atomic E-state index is 9.96. The average molecular weight is 111 g/mol. The van der Waals surface area contributed by atoms with E-state index in [0.29, 0.717) is 0 Å². The van der Waals surface area contributed by atoms with E-state index >= 15 is 0 Å². The lowest BCUT2D eigenvalue weighted by Crippen LogP contribution is -2.04. The molecule has 0 aromatic rings. The van der Waals surface area contributed by atoms with E-state index in [1.54, 1.807) is 0 Å². The molecule has 0 bridgehead atoms. The molecule has 0 unspecified atom stereocenters. The number of carbonyl (C=O) groups is 1. The van der Waals surface area contributed by atoms with Gasteiger partial charge < -0.3 is 5.11 Å². The molecule has 1 radical (unpaired) electrons. The van der Waals surface area contributed by atoms with Crippen molar-refractivity contribution in [2.75, 3.05) is 0 Å². The van der Waals surface area contributed by atoms with E-state index in [0.717, 1.165) is 0 Å². The van der Waals surface area contributed by atoms with Crippen LogP contribution in [0.25, 0.3) is 0 Å². The van der Waals surface area contributed by atoms with Gasteiger partial charge in [-0.15, -0.1) is 5.43 Å². The SMILES string of the molecule is O=C(O)C1=CC=N[N]1. The summed E-state index contributed by atoms with van der Waals surface area (Å²) in [5.74, 6) is -1.04. The summed E-state index contributed by atoms with van der Waals surface area (Å²) in [5, 5.41) is 11.5. The van der Waals surface area contributed by atoms with E-state index in [-0.39, 0.29) is 5.70 Å². The standard InChI is InChI=1S/C4H3N2O2/c7-4(8)3-1-2-5-6-3/h1-2H,(H,7,8). The van der Waals surface area contributed by atoms with Crippen LogP contribution >= 0.6 is 0 Å². The minimum atomic E-state index is -1.04. The molecule has 4 nitrogen and oxygen atoms in total. The fraction of sp³-hybridized carbons (Fsp3) is 0. The van der Waals surface area contributed by atoms with Crippen LogP contribution in [-0.4, -0.2) is 17.3 Å². The summed E-state index contributed by atoms with van der Waals surface area (Å²) in [5.41, 5.74) is 3.26. The number of aliphatic carboxylic acids is 1. The molecule has 1 aliphatic rings. The maximum Gasteiger partial charge on any atom is 0.356 e. The molecule has 0 aliphatic carbocycles. The minimum absolute atomic E-state index is 0.00926. The molecular formula is C4H3N2O2. The Hall–Kier alpha value is -1.32. The molecule has 0 aromatic heterocycles. The van der Waals surface area contributed by atoms with Gasteiger partial charge in [-0.05, 0) is 6.08 Å². The van der Waals surface area contributed by atoms with E-state index in [4.69, 9.17) is 5.11 Å². The van der Waals surface area contributed by atoms with Crippen LogP contribution < -0.4 is 5.43 Å². The first-order valence-electron chi connectivity index (χ1n) is 1.98. The summed E-state index contributed by atoms with van der Waals surface area (Å²) in [4.78, 5) is 9.96. The van der Waals surface area contributed by atoms with Crippen molar-refractivity contribution in [1.82, 2.24) is 5.43 Å². The van der Waals surface area contributed by atoms with Crippen LogP contribution in [0, 0.1) is 0 Å². The van der Waals surface area contributed by atoms with E-state index < -0.39 is 5.97 Å². The third-order valence-electron chi connectivity index (χ3n) is 0.684. The largest absolute Gasteiger partial charge is 0.476 e. The molecule has 8 heavy (non-hydrogen) atoms. The van der Waals surface area contributed by atoms with Crippen LogP contribution in [0.2, 0.25) is 0 Å². The normalized spacial score (nSPS) is 15.2. The van der Waals surface area contributed by atoms with Crippen molar-refractivity contribution >= 4 is 12.2 Å². The van der Waals surface area contributed by atoms with Gasteiger partial charge in [-0.3, -0.25) is 0 Å². The number of nitrogens with zero attached hydrogens (tertiary/aromatic N) is 2. The number of rotatable bonds is 1. The first-order chi connectivity index (χ1) is 3.80. The van der Waals surface area contributed by atoms with Gasteiger partial charge in [-0.2, -0.15) is 5.10 Å². The molecule has 0 saturated carbocycles. The van der Waals surface area contributed by atoms with Crippen molar-refractivity contribution < 1.29 is 9.90 Å². The summed E-state index contributed by atoms with van der Waals surface area (Å²) in [6, 6.07) is 0. The Morgan fingerprint density at radius 1 is 1.75 bits per heavy atom. The van der Waals surface area contributed by atoms with Gasteiger partial charge in [0.1, 0.15) is 0 Å². The molecule has 0 aromatic carbocycles. The zero-order valence-corrected chi connectivity index (χ0v) is 3.90. The van der Waals surface area contributed by atoms with Gasteiger partial charge in [0.15, 0.2) is 5.70 Å². The Labute approximate surface area is 45.5 Å². The van der Waals surface area contributed by atoms with Crippen LogP contribution in [0.3, 0.4) is 0 Å². The zero-order valence-electron chi connectivity index (χ0n) is 3.90. The lowest BCUT2D eigenvalue weighted by atomic mass is 10.4. The summed E-state index contributed by atoms with van der Waals surface area (Å²) in [6.07, 6.45) is 2.67. The van der Waals surface area contributed by atoms with E-state index in [1.807, 2.05) is 0 Å². The smallest absolute Gasteiger partial charge is 0.356 e. The maximum absolute atomic E-state index is 9.96. The van der Waals surface area contributed by atoms with Gasteiger partial charge in [0.05, 0.1) is 6.21 Å². The van der Waals surface area contributed by atoms with Crippen LogP contribution in [0.4, 0.5) is 0 Å². The highest BCUT2D eigenvalue weighted by Gasteiger charge is 2.08. The van der Waals surface area contributed by atoms with E-state index in [1.165, 1.54) is 12.3 Å². The Morgan fingerprint density at radius 2 is 2.50 bits per heavy atom. The van der Waals surface area contributed by atoms with Crippen molar-refractivity contribution in [2.45, 2.75) is 0 Å². The fourth-order valence-electron chi connectivity index (χ4n) is 0.347. The first-order valence-corrected chi connectivity index (χ1v) is 1.98. The number of hydrogen-bond acceptors (Lipinski definition) is 2. The van der Waals surface area contributed by atoms with Crippen molar-refractivity contribution in [3.63, 3.8) is 0 Å². The van der Waals surface area contributed by atoms with Crippen LogP contribution in [0.1, 0.15) is 0 Å². The molecule has 0 saturated heterocycles. The second kappa shape index (κ2) is 1.65. The Bertz CT molecular complexity index is 171. The second-order valence-electron chi connectivity index (χ2n) is 1.22. The molecule has 0 fully saturated rings. The van der Waals surface area contributed by atoms with Gasteiger partial charge in [-0.1, -0.05) is 0 Å². The first kappa shape index (κ1) is 4.83. The zero-order chi connectivity index (χ0) is 5.98. The summed E-state index contributed by atoms with van der Waals surface area (Å²) < 4.78 is 0. The van der Waals surface area contributed by atoms with Gasteiger partial charge in [0.2, 0.25) is 0 Å². The molecular weight excluding hydrogens is 108 g/mol. The van der Waals surface area contributed by atoms with Crippen LogP contribution in [-0.2, 0) is 4.79 Å². The third-order valence-corrected chi connectivity index (χ3v) is 0.684. The van der Waals surface area contributed by atoms with Crippen molar-refractivity contribution in [3.8, 4) is 0 Å². The lowest BCUT2D eigenvalue weighted by Gasteiger charge is -1.85. The lowest BCUT2D eigenvalue weighted by molar-refractivity contribution is -0.133. The fourth-order valence-corrected chi connectivity index (χ4v) is 0.347. The number of carboxylic acid groups (broad SMARTS) is 1. The topological polar surface area (TPSA) is 63.8 Å². The Kier molecular flexibility index (Phi) is 0.997. The van der Waals surface area contributed by atoms with Crippen LogP contribution in [0.5, 0.6) is 0 Å². The van der Waals surface area contributed by atoms with Crippen molar-refractivity contribution in [1.29, 1.82) is 0 Å². The molecule has 1 aliphatic heterocycles. The average Bonchev–Trinajstić information content (AvgIpc) is 2.12. The van der Waals surface area contributed by atoms with Gasteiger partial charge in [0, 0.05) is 0 Å². The summed E-state index contributed by atoms with van der Waals surface area (Å²) >= 11 is 0. The highest BCUT2D eigenvalue weighted by atomic mass is 16.4. The summed E-state index contributed by atoms with van der Waals surface area (Å²) in [6.45, 7) is 0. The van der Waals surface area contributed by atoms with Gasteiger partial charge in [-0.25, -0.2) is 4.79 Å². The molecule has 1 rings (SSSR count). The highest BCUT2D eigenvalue weighted by molar-refractivity contribution is 5.93. The predicted octanol–water partition coefficient (Wildman–Crippen LogP) is -0.441. The molecule has 1 heterocycles. The van der Waals surface area contributed by atoms with Gasteiger partial charge in [0.25, 0.3) is 0 Å². The molecule has 1 N–H and O–H groups in total. The Morgan fingerprint density at radius 3 is 2.75 bits per heavy atom. The predicted molar refractivity (Wildman–Crippen MR) is 26.3 cm³/mol. The molecule has 0 atom stereocenters. The van der Waals surface area contributed by atoms with E-state index in [2.05, 4.69) is 10.5 Å². The quantitative estimate of drug-likeness (QED) is 0.498. The number of hydrogen-bond donors (Lipinski definition) is 1. The molecule has 0 amide bonds. The molecule has 41 valence electrons. The highest BCUT2D eigenvalue weighted by Crippen LogP contribution is 1.94. The van der Waals surface area contributed by atoms with Crippen molar-refractivity contribution in [3.05, 3.63) is 11.8 Å². The molecule has 0 spiro atoms. The number of allylic oxidation sites excluding steroid dienone is 1. The number of carboxylic acids is 1. The second-order valence-corrected chi connectivity index (χ2v) is 1.22. The third kappa shape index (κ3) is 0.676. The van der Waals surface area contributed by atoms with Crippen LogP contribution in [0.15, 0.2) is 16.9 Å². The molecule has 4 heteroatoms. The van der Waals surface area contributed by atoms with E-state index in [9.17, 15) is 4.79 Å².